The summed E-state index contributed by atoms with van der Waals surface area (Å²) >= 11 is 2.96. The first-order valence-corrected chi connectivity index (χ1v) is 4.92. The molecule has 2 nitrogen and oxygen atoms in total. The van der Waals surface area contributed by atoms with Crippen LogP contribution < -0.4 is 5.32 Å². The van der Waals surface area contributed by atoms with Gasteiger partial charge in [0.2, 0.25) is 5.91 Å². The standard InChI is InChI=1S/C10H8BrF2NO/c1-2-3-9(15)14-10-7(11)4-6(12)5-8(10)13/h2-5H,1H3,(H,14,15)/b3-2+. The predicted octanol–water partition coefficient (Wildman–Crippen LogP) is 3.24. The van der Waals surface area contributed by atoms with Crippen LogP contribution in [0.2, 0.25) is 0 Å². The van der Waals surface area contributed by atoms with Crippen LogP contribution in [0, 0.1) is 11.6 Å². The molecule has 1 N–H and O–H groups in total. The number of benzene rings is 1. The van der Waals surface area contributed by atoms with Crippen LogP contribution in [0.3, 0.4) is 0 Å². The number of rotatable bonds is 2. The molecule has 0 saturated carbocycles. The summed E-state index contributed by atoms with van der Waals surface area (Å²) in [5, 5.41) is 2.29. The van der Waals surface area contributed by atoms with Gasteiger partial charge in [0.05, 0.1) is 5.69 Å². The van der Waals surface area contributed by atoms with Crippen molar-refractivity contribution in [2.45, 2.75) is 6.92 Å². The highest BCUT2D eigenvalue weighted by Gasteiger charge is 2.10. The Balaban J connectivity index is 3.00. The maximum Gasteiger partial charge on any atom is 0.248 e. The molecule has 0 spiro atoms. The van der Waals surface area contributed by atoms with E-state index in [1.807, 2.05) is 0 Å². The lowest BCUT2D eigenvalue weighted by Gasteiger charge is -2.06. The van der Waals surface area contributed by atoms with Crippen LogP contribution in [-0.2, 0) is 4.79 Å². The molecule has 0 radical (unpaired) electrons. The highest BCUT2D eigenvalue weighted by Crippen LogP contribution is 2.26. The van der Waals surface area contributed by atoms with Crippen LogP contribution in [0.25, 0.3) is 0 Å². The molecule has 0 aliphatic rings. The van der Waals surface area contributed by atoms with Gasteiger partial charge >= 0.3 is 0 Å². The smallest absolute Gasteiger partial charge is 0.248 e. The monoisotopic (exact) mass is 275 g/mol. The highest BCUT2D eigenvalue weighted by molar-refractivity contribution is 9.10. The summed E-state index contributed by atoms with van der Waals surface area (Å²) < 4.78 is 26.1. The van der Waals surface area contributed by atoms with Crippen molar-refractivity contribution >= 4 is 27.5 Å². The molecule has 0 aliphatic heterocycles. The Hall–Kier alpha value is -1.23. The summed E-state index contributed by atoms with van der Waals surface area (Å²) in [6.45, 7) is 1.66. The summed E-state index contributed by atoms with van der Waals surface area (Å²) in [6, 6.07) is 1.78. The zero-order chi connectivity index (χ0) is 11.4. The Morgan fingerprint density at radius 1 is 1.47 bits per heavy atom. The largest absolute Gasteiger partial charge is 0.319 e. The number of allylic oxidation sites excluding steroid dienone is 1. The van der Waals surface area contributed by atoms with E-state index < -0.39 is 17.5 Å². The maximum absolute atomic E-state index is 13.2. The normalized spacial score (nSPS) is 10.7. The highest BCUT2D eigenvalue weighted by atomic mass is 79.9. The fraction of sp³-hybridized carbons (Fsp3) is 0.100. The number of carbonyl (C=O) groups is 1. The maximum atomic E-state index is 13.2. The molecule has 0 aliphatic carbocycles. The average Bonchev–Trinajstić information content (AvgIpc) is 2.11. The first kappa shape index (κ1) is 11.8. The van der Waals surface area contributed by atoms with Gasteiger partial charge in [0.25, 0.3) is 0 Å². The third kappa shape index (κ3) is 3.13. The van der Waals surface area contributed by atoms with Crippen molar-refractivity contribution in [3.8, 4) is 0 Å². The van der Waals surface area contributed by atoms with Crippen LogP contribution in [0.5, 0.6) is 0 Å². The number of hydrogen-bond acceptors (Lipinski definition) is 1. The molecule has 0 atom stereocenters. The van der Waals surface area contributed by atoms with Gasteiger partial charge in [-0.2, -0.15) is 0 Å². The molecule has 15 heavy (non-hydrogen) atoms. The van der Waals surface area contributed by atoms with Crippen molar-refractivity contribution in [2.75, 3.05) is 5.32 Å². The van der Waals surface area contributed by atoms with Crippen molar-refractivity contribution in [1.82, 2.24) is 0 Å². The van der Waals surface area contributed by atoms with Gasteiger partial charge in [-0.05, 0) is 35.0 Å². The minimum Gasteiger partial charge on any atom is -0.319 e. The Labute approximate surface area is 94.1 Å². The molecule has 0 unspecified atom stereocenters. The lowest BCUT2D eigenvalue weighted by molar-refractivity contribution is -0.111. The topological polar surface area (TPSA) is 29.1 Å². The van der Waals surface area contributed by atoms with Crippen molar-refractivity contribution in [2.24, 2.45) is 0 Å². The quantitative estimate of drug-likeness (QED) is 0.825. The number of anilines is 1. The number of carbonyl (C=O) groups excluding carboxylic acids is 1. The molecule has 1 rings (SSSR count). The summed E-state index contributed by atoms with van der Waals surface area (Å²) in [6.07, 6.45) is 2.76. The zero-order valence-corrected chi connectivity index (χ0v) is 9.44. The number of amides is 1. The second kappa shape index (κ2) is 5.02. The van der Waals surface area contributed by atoms with Gasteiger partial charge in [-0.25, -0.2) is 8.78 Å². The zero-order valence-electron chi connectivity index (χ0n) is 7.85. The second-order valence-electron chi connectivity index (χ2n) is 2.73. The minimum absolute atomic E-state index is 0.0699. The van der Waals surface area contributed by atoms with E-state index in [1.165, 1.54) is 12.2 Å². The average molecular weight is 276 g/mol. The summed E-state index contributed by atoms with van der Waals surface area (Å²) in [4.78, 5) is 11.1. The molecule has 1 aromatic carbocycles. The third-order valence-electron chi connectivity index (χ3n) is 1.57. The van der Waals surface area contributed by atoms with E-state index in [2.05, 4.69) is 21.2 Å². The Kier molecular flexibility index (Phi) is 3.96. The van der Waals surface area contributed by atoms with Crippen LogP contribution in [0.1, 0.15) is 6.92 Å². The van der Waals surface area contributed by atoms with E-state index in [1.54, 1.807) is 6.92 Å². The van der Waals surface area contributed by atoms with Crippen LogP contribution in [0.15, 0.2) is 28.8 Å². The Morgan fingerprint density at radius 2 is 2.13 bits per heavy atom. The van der Waals surface area contributed by atoms with Crippen LogP contribution in [0.4, 0.5) is 14.5 Å². The summed E-state index contributed by atoms with van der Waals surface area (Å²) in [5.74, 6) is -1.99. The van der Waals surface area contributed by atoms with E-state index >= 15 is 0 Å². The van der Waals surface area contributed by atoms with Gasteiger partial charge in [0, 0.05) is 10.5 Å². The summed E-state index contributed by atoms with van der Waals surface area (Å²) in [5.41, 5.74) is -0.0699. The van der Waals surface area contributed by atoms with Crippen molar-refractivity contribution in [3.05, 3.63) is 40.4 Å². The Bertz CT molecular complexity index is 395. The SMILES string of the molecule is C/C=C/C(=O)Nc1c(F)cc(F)cc1Br. The number of hydrogen-bond donors (Lipinski definition) is 1. The molecular formula is C10H8BrF2NO. The molecule has 0 bridgehead atoms. The summed E-state index contributed by atoms with van der Waals surface area (Å²) in [7, 11) is 0. The van der Waals surface area contributed by atoms with E-state index in [9.17, 15) is 13.6 Å². The lowest BCUT2D eigenvalue weighted by atomic mass is 10.3. The van der Waals surface area contributed by atoms with Crippen LogP contribution in [-0.4, -0.2) is 5.91 Å². The van der Waals surface area contributed by atoms with Gasteiger partial charge in [-0.3, -0.25) is 4.79 Å². The molecule has 0 saturated heterocycles. The number of nitrogens with one attached hydrogen (secondary N) is 1. The van der Waals surface area contributed by atoms with Gasteiger partial charge < -0.3 is 5.32 Å². The van der Waals surface area contributed by atoms with E-state index in [-0.39, 0.29) is 10.2 Å². The van der Waals surface area contributed by atoms with Crippen LogP contribution >= 0.6 is 15.9 Å². The van der Waals surface area contributed by atoms with Gasteiger partial charge in [0.1, 0.15) is 5.82 Å². The Morgan fingerprint density at radius 3 is 2.67 bits per heavy atom. The van der Waals surface area contributed by atoms with Crippen molar-refractivity contribution in [1.29, 1.82) is 0 Å². The first-order chi connectivity index (χ1) is 7.04. The second-order valence-corrected chi connectivity index (χ2v) is 3.59. The molecule has 80 valence electrons. The third-order valence-corrected chi connectivity index (χ3v) is 2.20. The first-order valence-electron chi connectivity index (χ1n) is 4.13. The fourth-order valence-electron chi connectivity index (χ4n) is 0.978. The molecule has 0 fully saturated rings. The fourth-order valence-corrected chi connectivity index (χ4v) is 1.49. The van der Waals surface area contributed by atoms with Gasteiger partial charge in [-0.15, -0.1) is 0 Å². The molecule has 0 aromatic heterocycles. The van der Waals surface area contributed by atoms with Crippen molar-refractivity contribution in [3.63, 3.8) is 0 Å². The van der Waals surface area contributed by atoms with Gasteiger partial charge in [0.15, 0.2) is 5.82 Å². The van der Waals surface area contributed by atoms with Crippen molar-refractivity contribution < 1.29 is 13.6 Å². The van der Waals surface area contributed by atoms with E-state index in [4.69, 9.17) is 0 Å². The van der Waals surface area contributed by atoms with E-state index in [0.717, 1.165) is 6.07 Å². The molecule has 5 heteroatoms. The molecule has 1 aromatic rings. The predicted molar refractivity (Wildman–Crippen MR) is 57.5 cm³/mol. The molecule has 1 amide bonds. The van der Waals surface area contributed by atoms with Gasteiger partial charge in [-0.1, -0.05) is 6.08 Å². The molecular weight excluding hydrogens is 268 g/mol. The number of halogens is 3. The van der Waals surface area contributed by atoms with E-state index in [0.29, 0.717) is 6.07 Å². The minimum atomic E-state index is -0.820. The lowest BCUT2D eigenvalue weighted by Crippen LogP contribution is -2.10. The molecule has 0 heterocycles.